The maximum absolute atomic E-state index is 13.2. The number of nitrogens with one attached hydrogen (secondary N) is 1. The molecule has 2 aromatic carbocycles. The molecular weight excluding hydrogens is 406 g/mol. The van der Waals surface area contributed by atoms with Crippen molar-refractivity contribution in [1.82, 2.24) is 15.1 Å². The van der Waals surface area contributed by atoms with Gasteiger partial charge in [0.25, 0.3) is 5.91 Å². The quantitative estimate of drug-likeness (QED) is 0.457. The van der Waals surface area contributed by atoms with Crippen LogP contribution in [0.15, 0.2) is 48.5 Å². The second-order valence-electron chi connectivity index (χ2n) is 7.90. The molecule has 7 nitrogen and oxygen atoms in total. The van der Waals surface area contributed by atoms with Crippen LogP contribution in [-0.4, -0.2) is 53.0 Å². The average Bonchev–Trinajstić information content (AvgIpc) is 3.35. The molecule has 7 heteroatoms. The van der Waals surface area contributed by atoms with E-state index >= 15 is 0 Å². The third-order valence-electron chi connectivity index (χ3n) is 5.77. The molecule has 0 spiro atoms. The first-order chi connectivity index (χ1) is 15.7. The highest BCUT2D eigenvalue weighted by Crippen LogP contribution is 2.44. The van der Waals surface area contributed by atoms with E-state index in [-0.39, 0.29) is 17.7 Å². The van der Waals surface area contributed by atoms with Crippen LogP contribution in [0.5, 0.6) is 11.5 Å². The number of para-hydroxylation sites is 1. The number of H-pyrrole nitrogens is 1. The molecule has 0 fully saturated rings. The largest absolute Gasteiger partial charge is 0.507 e. The number of unbranched alkanes of at least 4 members (excludes halogenated alkanes) is 2. The van der Waals surface area contributed by atoms with Crippen LogP contribution < -0.4 is 4.74 Å². The number of fused-ring (bicyclic) bond motifs is 1. The highest BCUT2D eigenvalue weighted by molar-refractivity contribution is 6.00. The van der Waals surface area contributed by atoms with Gasteiger partial charge in [-0.3, -0.25) is 9.89 Å². The molecule has 0 radical (unpaired) electrons. The van der Waals surface area contributed by atoms with E-state index in [9.17, 15) is 9.90 Å². The summed E-state index contributed by atoms with van der Waals surface area (Å²) in [5.74, 6) is 0.807. The Morgan fingerprint density at radius 2 is 1.88 bits per heavy atom. The number of aromatic nitrogens is 2. The Morgan fingerprint density at radius 3 is 2.59 bits per heavy atom. The first-order valence-electron chi connectivity index (χ1n) is 11.0. The second kappa shape index (κ2) is 9.87. The summed E-state index contributed by atoms with van der Waals surface area (Å²) >= 11 is 0. The third kappa shape index (κ3) is 4.21. The maximum Gasteiger partial charge on any atom is 0.273 e. The summed E-state index contributed by atoms with van der Waals surface area (Å²) in [4.78, 5) is 15.0. The Bertz CT molecular complexity index is 1060. The molecule has 1 aliphatic heterocycles. The van der Waals surface area contributed by atoms with Gasteiger partial charge < -0.3 is 19.5 Å². The number of carbonyl (C=O) groups is 1. The van der Waals surface area contributed by atoms with Gasteiger partial charge in [-0.1, -0.05) is 44.0 Å². The summed E-state index contributed by atoms with van der Waals surface area (Å²) in [7, 11) is 1.62. The zero-order valence-corrected chi connectivity index (χ0v) is 18.5. The molecule has 1 amide bonds. The molecule has 32 heavy (non-hydrogen) atoms. The van der Waals surface area contributed by atoms with Crippen molar-refractivity contribution in [3.8, 4) is 22.8 Å². The maximum atomic E-state index is 13.2. The van der Waals surface area contributed by atoms with Crippen LogP contribution in [0.3, 0.4) is 0 Å². The van der Waals surface area contributed by atoms with Gasteiger partial charge in [0.05, 0.1) is 19.3 Å². The Hall–Kier alpha value is -3.32. The number of ether oxygens (including phenoxy) is 2. The van der Waals surface area contributed by atoms with Gasteiger partial charge in [0.1, 0.15) is 22.9 Å². The fraction of sp³-hybridized carbons (Fsp3) is 0.360. The first-order valence-corrected chi connectivity index (χ1v) is 11.0. The molecule has 0 bridgehead atoms. The number of nitrogens with zero attached hydrogens (tertiary/aromatic N) is 2. The van der Waals surface area contributed by atoms with Gasteiger partial charge >= 0.3 is 0 Å². The first kappa shape index (κ1) is 21.9. The monoisotopic (exact) mass is 435 g/mol. The highest BCUT2D eigenvalue weighted by Gasteiger charge is 2.42. The summed E-state index contributed by atoms with van der Waals surface area (Å²) < 4.78 is 11.1. The van der Waals surface area contributed by atoms with Crippen molar-refractivity contribution < 1.29 is 19.4 Å². The third-order valence-corrected chi connectivity index (χ3v) is 5.77. The van der Waals surface area contributed by atoms with Crippen molar-refractivity contribution in [2.24, 2.45) is 0 Å². The Morgan fingerprint density at radius 1 is 1.09 bits per heavy atom. The number of aromatic hydroxyl groups is 1. The number of methoxy groups -OCH3 is 1. The minimum absolute atomic E-state index is 0.124. The zero-order chi connectivity index (χ0) is 22.5. The Kier molecular flexibility index (Phi) is 6.75. The smallest absolute Gasteiger partial charge is 0.273 e. The van der Waals surface area contributed by atoms with Gasteiger partial charge in [0.2, 0.25) is 0 Å². The van der Waals surface area contributed by atoms with E-state index in [1.165, 1.54) is 0 Å². The molecule has 0 saturated carbocycles. The lowest BCUT2D eigenvalue weighted by Gasteiger charge is -2.26. The average molecular weight is 436 g/mol. The van der Waals surface area contributed by atoms with E-state index in [2.05, 4.69) is 17.1 Å². The van der Waals surface area contributed by atoms with Gasteiger partial charge in [-0.25, -0.2) is 0 Å². The van der Waals surface area contributed by atoms with Crippen molar-refractivity contribution >= 4 is 5.91 Å². The zero-order valence-electron chi connectivity index (χ0n) is 18.5. The predicted octanol–water partition coefficient (Wildman–Crippen LogP) is 4.54. The standard InChI is InChI=1S/C25H29N3O4/c1-3-4-7-15-32-18-12-10-17(11-13-18)24-21-22(19-8-5-6-9-20(19)29)26-27-23(21)25(30)28(24)14-16-31-2/h5-6,8-13,24,29H,3-4,7,14-16H2,1-2H3,(H,26,27)/t24-/m0/s1. The van der Waals surface area contributed by atoms with E-state index in [1.54, 1.807) is 30.2 Å². The number of phenolic OH excluding ortho intramolecular Hbond substituents is 1. The van der Waals surface area contributed by atoms with Gasteiger partial charge in [0, 0.05) is 24.8 Å². The van der Waals surface area contributed by atoms with Crippen molar-refractivity contribution in [2.45, 2.75) is 32.2 Å². The van der Waals surface area contributed by atoms with Crippen LogP contribution in [0, 0.1) is 0 Å². The van der Waals surface area contributed by atoms with E-state index in [4.69, 9.17) is 9.47 Å². The summed E-state index contributed by atoms with van der Waals surface area (Å²) in [6.07, 6.45) is 3.33. The van der Waals surface area contributed by atoms with E-state index < -0.39 is 0 Å². The van der Waals surface area contributed by atoms with E-state index in [1.807, 2.05) is 30.3 Å². The van der Waals surface area contributed by atoms with E-state index in [0.29, 0.717) is 36.7 Å². The number of benzene rings is 2. The minimum Gasteiger partial charge on any atom is -0.507 e. The van der Waals surface area contributed by atoms with Crippen LogP contribution in [-0.2, 0) is 4.74 Å². The predicted molar refractivity (Wildman–Crippen MR) is 122 cm³/mol. The number of hydrogen-bond acceptors (Lipinski definition) is 5. The lowest BCUT2D eigenvalue weighted by atomic mass is 9.95. The molecule has 2 N–H and O–H groups in total. The number of phenols is 1. The number of amides is 1. The van der Waals surface area contributed by atoms with Crippen LogP contribution >= 0.6 is 0 Å². The van der Waals surface area contributed by atoms with Gasteiger partial charge in [-0.15, -0.1) is 0 Å². The number of rotatable bonds is 10. The number of hydrogen-bond donors (Lipinski definition) is 2. The lowest BCUT2D eigenvalue weighted by Crippen LogP contribution is -2.32. The fourth-order valence-corrected chi connectivity index (χ4v) is 4.13. The number of carbonyl (C=O) groups excluding carboxylic acids is 1. The van der Waals surface area contributed by atoms with E-state index in [0.717, 1.165) is 36.1 Å². The van der Waals surface area contributed by atoms with Crippen LogP contribution in [0.4, 0.5) is 0 Å². The van der Waals surface area contributed by atoms with Gasteiger partial charge in [-0.05, 0) is 36.2 Å². The molecule has 1 aromatic heterocycles. The van der Waals surface area contributed by atoms with Crippen LogP contribution in [0.2, 0.25) is 0 Å². The van der Waals surface area contributed by atoms with Crippen molar-refractivity contribution in [3.05, 3.63) is 65.4 Å². The minimum atomic E-state index is -0.338. The Labute approximate surface area is 188 Å². The molecule has 0 unspecified atom stereocenters. The second-order valence-corrected chi connectivity index (χ2v) is 7.90. The molecule has 1 aliphatic rings. The van der Waals surface area contributed by atoms with Gasteiger partial charge in [0.15, 0.2) is 0 Å². The summed E-state index contributed by atoms with van der Waals surface area (Å²) in [5, 5.41) is 17.7. The number of aromatic amines is 1. The SMILES string of the molecule is CCCCCOc1ccc([C@H]2c3c(-c4ccccc4O)n[nH]c3C(=O)N2CCOC)cc1. The topological polar surface area (TPSA) is 87.7 Å². The summed E-state index contributed by atoms with van der Waals surface area (Å²) in [6, 6.07) is 14.6. The van der Waals surface area contributed by atoms with Gasteiger partial charge in [-0.2, -0.15) is 5.10 Å². The van der Waals surface area contributed by atoms with Crippen molar-refractivity contribution in [2.75, 3.05) is 26.9 Å². The fourth-order valence-electron chi connectivity index (χ4n) is 4.13. The summed E-state index contributed by atoms with van der Waals surface area (Å²) in [6.45, 7) is 3.72. The Balaban J connectivity index is 1.69. The molecule has 0 aliphatic carbocycles. The van der Waals surface area contributed by atoms with Crippen LogP contribution in [0.1, 0.15) is 53.8 Å². The molecule has 4 rings (SSSR count). The molecule has 3 aromatic rings. The molecular formula is C25H29N3O4. The van der Waals surface area contributed by atoms with Crippen molar-refractivity contribution in [3.63, 3.8) is 0 Å². The molecule has 0 saturated heterocycles. The molecule has 2 heterocycles. The highest BCUT2D eigenvalue weighted by atomic mass is 16.5. The van der Waals surface area contributed by atoms with Crippen LogP contribution in [0.25, 0.3) is 11.3 Å². The summed E-state index contributed by atoms with van der Waals surface area (Å²) in [5.41, 5.74) is 3.34. The van der Waals surface area contributed by atoms with Crippen molar-refractivity contribution in [1.29, 1.82) is 0 Å². The molecule has 168 valence electrons. The lowest BCUT2D eigenvalue weighted by molar-refractivity contribution is 0.0677. The normalized spacial score (nSPS) is 15.2. The molecule has 1 atom stereocenters.